The molecule has 5 aromatic rings. The quantitative estimate of drug-likeness (QED) is 0.241. The molecule has 3 N–H and O–H groups in total. The van der Waals surface area contributed by atoms with Crippen molar-refractivity contribution >= 4 is 39.4 Å². The fourth-order valence-electron chi connectivity index (χ4n) is 4.56. The van der Waals surface area contributed by atoms with E-state index in [0.29, 0.717) is 18.7 Å². The Balaban J connectivity index is 1.42. The average molecular weight is 476 g/mol. The fraction of sp³-hybridized carbons (Fsp3) is 0.148. The molecular formula is C27H23ClFN3O2. The molecule has 5 rings (SSSR count). The summed E-state index contributed by atoms with van der Waals surface area (Å²) in [5.74, 6) is -1.44. The molecule has 0 aliphatic rings. The second kappa shape index (κ2) is 9.33. The van der Waals surface area contributed by atoms with Crippen molar-refractivity contribution in [1.29, 1.82) is 0 Å². The Morgan fingerprint density at radius 1 is 1.03 bits per heavy atom. The number of carboxylic acid groups (broad SMARTS) is 1. The van der Waals surface area contributed by atoms with Gasteiger partial charge in [0, 0.05) is 51.7 Å². The SMILES string of the molecule is O=C(O)c1c(CNCCc2c[nH]c3ccccc23)c2ccccc2n1Cc1ccc(F)cc1Cl. The lowest BCUT2D eigenvalue weighted by atomic mass is 10.1. The van der Waals surface area contributed by atoms with E-state index in [-0.39, 0.29) is 17.3 Å². The Labute approximate surface area is 200 Å². The third kappa shape index (κ3) is 4.18. The van der Waals surface area contributed by atoms with Crippen LogP contribution in [0.4, 0.5) is 4.39 Å². The summed E-state index contributed by atoms with van der Waals surface area (Å²) in [6.45, 7) is 1.34. The van der Waals surface area contributed by atoms with Crippen molar-refractivity contribution in [3.05, 3.63) is 106 Å². The van der Waals surface area contributed by atoms with Crippen molar-refractivity contribution in [3.63, 3.8) is 0 Å². The predicted molar refractivity (Wildman–Crippen MR) is 133 cm³/mol. The fourth-order valence-corrected chi connectivity index (χ4v) is 4.78. The van der Waals surface area contributed by atoms with E-state index in [4.69, 9.17) is 11.6 Å². The van der Waals surface area contributed by atoms with Gasteiger partial charge in [-0.2, -0.15) is 0 Å². The summed E-state index contributed by atoms with van der Waals surface area (Å²) >= 11 is 6.25. The number of nitrogens with zero attached hydrogens (tertiary/aromatic N) is 1. The van der Waals surface area contributed by atoms with Crippen LogP contribution < -0.4 is 5.32 Å². The summed E-state index contributed by atoms with van der Waals surface area (Å²) in [6, 6.07) is 20.0. The minimum absolute atomic E-state index is 0.209. The molecule has 2 heterocycles. The van der Waals surface area contributed by atoms with Gasteiger partial charge in [-0.25, -0.2) is 9.18 Å². The molecule has 2 aromatic heterocycles. The molecule has 0 saturated heterocycles. The Morgan fingerprint density at radius 3 is 2.59 bits per heavy atom. The first-order valence-corrected chi connectivity index (χ1v) is 11.4. The van der Waals surface area contributed by atoms with Gasteiger partial charge in [-0.15, -0.1) is 0 Å². The van der Waals surface area contributed by atoms with E-state index in [9.17, 15) is 14.3 Å². The van der Waals surface area contributed by atoms with E-state index >= 15 is 0 Å². The zero-order chi connectivity index (χ0) is 23.7. The maximum atomic E-state index is 13.5. The van der Waals surface area contributed by atoms with E-state index < -0.39 is 11.8 Å². The van der Waals surface area contributed by atoms with Gasteiger partial charge in [-0.05, 0) is 48.4 Å². The first-order valence-electron chi connectivity index (χ1n) is 11.1. The molecule has 0 unspecified atom stereocenters. The molecule has 0 aliphatic carbocycles. The highest BCUT2D eigenvalue weighted by atomic mass is 35.5. The third-order valence-corrected chi connectivity index (χ3v) is 6.52. The molecule has 0 bridgehead atoms. The van der Waals surface area contributed by atoms with E-state index in [1.807, 2.05) is 48.7 Å². The van der Waals surface area contributed by atoms with Crippen LogP contribution >= 0.6 is 11.6 Å². The molecule has 7 heteroatoms. The van der Waals surface area contributed by atoms with Crippen molar-refractivity contribution in [2.24, 2.45) is 0 Å². The number of nitrogens with one attached hydrogen (secondary N) is 2. The van der Waals surface area contributed by atoms with Crippen LogP contribution in [0.5, 0.6) is 0 Å². The number of carbonyl (C=O) groups is 1. The topological polar surface area (TPSA) is 70.1 Å². The lowest BCUT2D eigenvalue weighted by Crippen LogP contribution is -2.19. The van der Waals surface area contributed by atoms with Crippen LogP contribution in [0, 0.1) is 5.82 Å². The van der Waals surface area contributed by atoms with Crippen LogP contribution in [0.1, 0.15) is 27.2 Å². The number of hydrogen-bond acceptors (Lipinski definition) is 2. The number of carboxylic acids is 1. The second-order valence-electron chi connectivity index (χ2n) is 8.26. The molecule has 34 heavy (non-hydrogen) atoms. The third-order valence-electron chi connectivity index (χ3n) is 6.17. The number of H-pyrrole nitrogens is 1. The number of benzene rings is 3. The molecule has 0 spiro atoms. The van der Waals surface area contributed by atoms with Gasteiger partial charge in [0.05, 0.1) is 0 Å². The first-order chi connectivity index (χ1) is 16.5. The molecular weight excluding hydrogens is 453 g/mol. The number of aromatic amines is 1. The molecule has 0 atom stereocenters. The molecule has 0 saturated carbocycles. The van der Waals surface area contributed by atoms with Crippen molar-refractivity contribution in [2.45, 2.75) is 19.5 Å². The predicted octanol–water partition coefficient (Wildman–Crippen LogP) is 5.99. The van der Waals surface area contributed by atoms with Gasteiger partial charge < -0.3 is 20.0 Å². The van der Waals surface area contributed by atoms with Crippen LogP contribution in [-0.2, 0) is 19.5 Å². The normalized spacial score (nSPS) is 11.5. The minimum atomic E-state index is -1.01. The highest BCUT2D eigenvalue weighted by Gasteiger charge is 2.22. The largest absolute Gasteiger partial charge is 0.477 e. The van der Waals surface area contributed by atoms with Gasteiger partial charge >= 0.3 is 5.97 Å². The maximum absolute atomic E-state index is 13.5. The smallest absolute Gasteiger partial charge is 0.352 e. The molecule has 5 nitrogen and oxygen atoms in total. The Hall–Kier alpha value is -3.61. The summed E-state index contributed by atoms with van der Waals surface area (Å²) in [4.78, 5) is 15.6. The minimum Gasteiger partial charge on any atom is -0.477 e. The van der Waals surface area contributed by atoms with Gasteiger partial charge in [-0.3, -0.25) is 0 Å². The summed E-state index contributed by atoms with van der Waals surface area (Å²) < 4.78 is 15.3. The number of para-hydroxylation sites is 2. The van der Waals surface area contributed by atoms with Gasteiger partial charge in [0.2, 0.25) is 0 Å². The van der Waals surface area contributed by atoms with E-state index in [1.165, 1.54) is 23.1 Å². The van der Waals surface area contributed by atoms with E-state index in [0.717, 1.165) is 28.4 Å². The van der Waals surface area contributed by atoms with Gasteiger partial charge in [0.1, 0.15) is 11.5 Å². The summed E-state index contributed by atoms with van der Waals surface area (Å²) in [6.07, 6.45) is 2.84. The van der Waals surface area contributed by atoms with Crippen molar-refractivity contribution in [3.8, 4) is 0 Å². The van der Waals surface area contributed by atoms with Gasteiger partial charge in [0.25, 0.3) is 0 Å². The number of rotatable bonds is 8. The molecule has 3 aromatic carbocycles. The molecule has 0 radical (unpaired) electrons. The highest BCUT2D eigenvalue weighted by molar-refractivity contribution is 6.31. The second-order valence-corrected chi connectivity index (χ2v) is 8.66. The van der Waals surface area contributed by atoms with Crippen LogP contribution in [0.25, 0.3) is 21.8 Å². The molecule has 0 amide bonds. The van der Waals surface area contributed by atoms with Crippen LogP contribution in [-0.4, -0.2) is 27.2 Å². The lowest BCUT2D eigenvalue weighted by molar-refractivity contribution is 0.0684. The molecule has 0 fully saturated rings. The zero-order valence-corrected chi connectivity index (χ0v) is 19.1. The molecule has 172 valence electrons. The first kappa shape index (κ1) is 22.2. The average Bonchev–Trinajstić information content (AvgIpc) is 3.38. The van der Waals surface area contributed by atoms with Crippen molar-refractivity contribution in [1.82, 2.24) is 14.9 Å². The number of fused-ring (bicyclic) bond motifs is 2. The maximum Gasteiger partial charge on any atom is 0.352 e. The summed E-state index contributed by atoms with van der Waals surface area (Å²) in [5.41, 5.74) is 4.71. The number of halogens is 2. The highest BCUT2D eigenvalue weighted by Crippen LogP contribution is 2.29. The van der Waals surface area contributed by atoms with Crippen molar-refractivity contribution in [2.75, 3.05) is 6.54 Å². The Bertz CT molecular complexity index is 1500. The zero-order valence-electron chi connectivity index (χ0n) is 18.3. The Morgan fingerprint density at radius 2 is 1.79 bits per heavy atom. The standard InChI is InChI=1S/C27H23ClFN3O2/c28-23-13-19(29)10-9-18(23)16-32-25-8-4-2-6-21(25)22(26(32)27(33)34)15-30-12-11-17-14-31-24-7-3-1-5-20(17)24/h1-10,13-14,30-31H,11-12,15-16H2,(H,33,34). The van der Waals surface area contributed by atoms with Gasteiger partial charge in [0.15, 0.2) is 0 Å². The van der Waals surface area contributed by atoms with Crippen LogP contribution in [0.2, 0.25) is 5.02 Å². The number of aromatic carboxylic acids is 1. The summed E-state index contributed by atoms with van der Waals surface area (Å²) in [7, 11) is 0. The Kier molecular flexibility index (Phi) is 6.09. The summed E-state index contributed by atoms with van der Waals surface area (Å²) in [5, 5.41) is 15.9. The monoisotopic (exact) mass is 475 g/mol. The number of aromatic nitrogens is 2. The van der Waals surface area contributed by atoms with Crippen molar-refractivity contribution < 1.29 is 14.3 Å². The van der Waals surface area contributed by atoms with Gasteiger partial charge in [-0.1, -0.05) is 54.1 Å². The van der Waals surface area contributed by atoms with Crippen LogP contribution in [0.15, 0.2) is 72.9 Å². The number of hydrogen-bond donors (Lipinski definition) is 3. The molecule has 0 aliphatic heterocycles. The van der Waals surface area contributed by atoms with E-state index in [2.05, 4.69) is 16.4 Å². The van der Waals surface area contributed by atoms with Crippen LogP contribution in [0.3, 0.4) is 0 Å². The lowest BCUT2D eigenvalue weighted by Gasteiger charge is -2.11. The van der Waals surface area contributed by atoms with E-state index in [1.54, 1.807) is 10.6 Å².